The van der Waals surface area contributed by atoms with Gasteiger partial charge in [0.1, 0.15) is 0 Å². The summed E-state index contributed by atoms with van der Waals surface area (Å²) in [5, 5.41) is 3.41. The monoisotopic (exact) mass is 303 g/mol. The first kappa shape index (κ1) is 15.4. The number of pyridine rings is 1. The number of aromatic nitrogens is 1. The van der Waals surface area contributed by atoms with Crippen molar-refractivity contribution in [3.05, 3.63) is 30.1 Å². The van der Waals surface area contributed by atoms with Gasteiger partial charge in [0.05, 0.1) is 13.0 Å². The van der Waals surface area contributed by atoms with Crippen molar-refractivity contribution in [3.8, 4) is 0 Å². The van der Waals surface area contributed by atoms with Crippen molar-refractivity contribution in [2.45, 2.75) is 19.3 Å². The number of nitrogens with one attached hydrogen (secondary N) is 1. The molecule has 5 heteroatoms. The van der Waals surface area contributed by atoms with Gasteiger partial charge in [-0.2, -0.15) is 0 Å². The van der Waals surface area contributed by atoms with E-state index in [1.807, 2.05) is 18.3 Å². The molecule has 1 spiro atoms. The zero-order valence-corrected chi connectivity index (χ0v) is 13.3. The summed E-state index contributed by atoms with van der Waals surface area (Å²) in [7, 11) is 1.51. The first-order valence-corrected chi connectivity index (χ1v) is 8.14. The number of esters is 1. The van der Waals surface area contributed by atoms with Gasteiger partial charge in [-0.25, -0.2) is 0 Å². The Morgan fingerprint density at radius 3 is 2.95 bits per heavy atom. The van der Waals surface area contributed by atoms with Crippen molar-refractivity contribution in [1.82, 2.24) is 15.2 Å². The fraction of sp³-hybridized carbons (Fsp3) is 0.647. The molecule has 5 nitrogen and oxygen atoms in total. The summed E-state index contributed by atoms with van der Waals surface area (Å²) in [4.78, 5) is 19.0. The van der Waals surface area contributed by atoms with Crippen LogP contribution in [0.25, 0.3) is 0 Å². The van der Waals surface area contributed by atoms with Crippen LogP contribution >= 0.6 is 0 Å². The smallest absolute Gasteiger partial charge is 0.310 e. The topological polar surface area (TPSA) is 54.5 Å². The summed E-state index contributed by atoms with van der Waals surface area (Å²) in [5.74, 6) is -0.0226. The minimum absolute atomic E-state index is 0.0170. The van der Waals surface area contributed by atoms with E-state index < -0.39 is 0 Å². The van der Waals surface area contributed by atoms with E-state index in [4.69, 9.17) is 4.74 Å². The van der Waals surface area contributed by atoms with Gasteiger partial charge in [-0.3, -0.25) is 9.78 Å². The maximum atomic E-state index is 12.2. The molecule has 2 saturated heterocycles. The van der Waals surface area contributed by atoms with Crippen molar-refractivity contribution in [2.75, 3.05) is 39.8 Å². The summed E-state index contributed by atoms with van der Waals surface area (Å²) < 4.78 is 5.07. The molecule has 1 N–H and O–H groups in total. The highest BCUT2D eigenvalue weighted by Gasteiger charge is 2.50. The molecule has 0 bridgehead atoms. The fourth-order valence-corrected chi connectivity index (χ4v) is 3.96. The van der Waals surface area contributed by atoms with Crippen molar-refractivity contribution < 1.29 is 9.53 Å². The van der Waals surface area contributed by atoms with Gasteiger partial charge in [0.2, 0.25) is 0 Å². The van der Waals surface area contributed by atoms with Gasteiger partial charge in [0, 0.05) is 37.9 Å². The van der Waals surface area contributed by atoms with Gasteiger partial charge >= 0.3 is 5.97 Å². The van der Waals surface area contributed by atoms with Gasteiger partial charge in [0.15, 0.2) is 0 Å². The van der Waals surface area contributed by atoms with Gasteiger partial charge < -0.3 is 15.0 Å². The molecule has 3 heterocycles. The summed E-state index contributed by atoms with van der Waals surface area (Å²) in [5.41, 5.74) is 1.21. The molecule has 2 aliphatic rings. The summed E-state index contributed by atoms with van der Waals surface area (Å²) in [6, 6.07) is 6.03. The van der Waals surface area contributed by atoms with Gasteiger partial charge in [0.25, 0.3) is 0 Å². The van der Waals surface area contributed by atoms with Crippen LogP contribution < -0.4 is 5.32 Å². The molecule has 120 valence electrons. The second kappa shape index (κ2) is 6.75. The Balaban J connectivity index is 1.66. The molecular formula is C17H25N3O2. The van der Waals surface area contributed by atoms with Crippen LogP contribution in [0.5, 0.6) is 0 Å². The maximum absolute atomic E-state index is 12.2. The zero-order valence-electron chi connectivity index (χ0n) is 13.3. The van der Waals surface area contributed by atoms with Gasteiger partial charge in [-0.05, 0) is 43.5 Å². The first-order valence-electron chi connectivity index (χ1n) is 8.14. The minimum Gasteiger partial charge on any atom is -0.469 e. The highest BCUT2D eigenvalue weighted by Crippen LogP contribution is 2.43. The Morgan fingerprint density at radius 2 is 2.27 bits per heavy atom. The standard InChI is InChI=1S/C17H25N3O2/c1-22-16(21)15-12-20(11-5-14-4-2-3-8-19-14)13-17(15)6-9-18-10-7-17/h2-4,8,15,18H,5-7,9-13H2,1H3. The molecular weight excluding hydrogens is 278 g/mol. The van der Waals surface area contributed by atoms with Crippen LogP contribution in [0.2, 0.25) is 0 Å². The normalized spacial score (nSPS) is 24.5. The number of ether oxygens (including phenoxy) is 1. The highest BCUT2D eigenvalue weighted by atomic mass is 16.5. The highest BCUT2D eigenvalue weighted by molar-refractivity contribution is 5.74. The van der Waals surface area contributed by atoms with Gasteiger partial charge in [-0.1, -0.05) is 6.07 Å². The Morgan fingerprint density at radius 1 is 1.45 bits per heavy atom. The molecule has 2 aliphatic heterocycles. The fourth-order valence-electron chi connectivity index (χ4n) is 3.96. The number of hydrogen-bond acceptors (Lipinski definition) is 5. The maximum Gasteiger partial charge on any atom is 0.310 e. The third-order valence-corrected chi connectivity index (χ3v) is 5.21. The quantitative estimate of drug-likeness (QED) is 0.844. The lowest BCUT2D eigenvalue weighted by atomic mass is 9.71. The lowest BCUT2D eigenvalue weighted by Gasteiger charge is -2.37. The molecule has 0 saturated carbocycles. The number of carbonyl (C=O) groups is 1. The summed E-state index contributed by atoms with van der Waals surface area (Å²) in [6.07, 6.45) is 4.90. The molecule has 0 radical (unpaired) electrons. The van der Waals surface area contributed by atoms with E-state index >= 15 is 0 Å². The van der Waals surface area contributed by atoms with E-state index in [2.05, 4.69) is 21.3 Å². The zero-order chi connectivity index (χ0) is 15.4. The number of nitrogens with zero attached hydrogens (tertiary/aromatic N) is 2. The van der Waals surface area contributed by atoms with Crippen LogP contribution in [-0.4, -0.2) is 55.7 Å². The van der Waals surface area contributed by atoms with Crippen LogP contribution in [0, 0.1) is 11.3 Å². The van der Waals surface area contributed by atoms with E-state index in [1.54, 1.807) is 0 Å². The molecule has 1 aromatic rings. The molecule has 3 rings (SSSR count). The van der Waals surface area contributed by atoms with Crippen molar-refractivity contribution in [2.24, 2.45) is 11.3 Å². The van der Waals surface area contributed by atoms with Crippen molar-refractivity contribution in [1.29, 1.82) is 0 Å². The Kier molecular flexibility index (Phi) is 4.74. The predicted octanol–water partition coefficient (Wildman–Crippen LogP) is 1.10. The average Bonchev–Trinajstić information content (AvgIpc) is 2.92. The van der Waals surface area contributed by atoms with Gasteiger partial charge in [-0.15, -0.1) is 0 Å². The molecule has 1 atom stereocenters. The molecule has 2 fully saturated rings. The first-order chi connectivity index (χ1) is 10.7. The Labute approximate surface area is 132 Å². The number of hydrogen-bond donors (Lipinski definition) is 1. The lowest BCUT2D eigenvalue weighted by molar-refractivity contribution is -0.149. The van der Waals surface area contributed by atoms with E-state index in [9.17, 15) is 4.79 Å². The second-order valence-electron chi connectivity index (χ2n) is 6.49. The number of rotatable bonds is 4. The van der Waals surface area contributed by atoms with E-state index in [0.29, 0.717) is 0 Å². The molecule has 1 aromatic heterocycles. The van der Waals surface area contributed by atoms with Crippen molar-refractivity contribution in [3.63, 3.8) is 0 Å². The third kappa shape index (κ3) is 3.15. The summed E-state index contributed by atoms with van der Waals surface area (Å²) in [6.45, 7) is 4.78. The molecule has 0 aliphatic carbocycles. The molecule has 22 heavy (non-hydrogen) atoms. The number of carbonyl (C=O) groups excluding carboxylic acids is 1. The third-order valence-electron chi connectivity index (χ3n) is 5.21. The lowest BCUT2D eigenvalue weighted by Crippen LogP contribution is -2.44. The molecule has 1 unspecified atom stereocenters. The number of likely N-dealkylation sites (tertiary alicyclic amines) is 1. The Bertz CT molecular complexity index is 500. The van der Waals surface area contributed by atoms with E-state index in [-0.39, 0.29) is 17.3 Å². The summed E-state index contributed by atoms with van der Waals surface area (Å²) >= 11 is 0. The molecule has 0 aromatic carbocycles. The van der Waals surface area contributed by atoms with E-state index in [1.165, 1.54) is 7.11 Å². The van der Waals surface area contributed by atoms with Crippen LogP contribution in [0.4, 0.5) is 0 Å². The Hall–Kier alpha value is -1.46. The number of methoxy groups -OCH3 is 1. The minimum atomic E-state index is -0.0396. The number of piperidine rings is 1. The van der Waals surface area contributed by atoms with Crippen molar-refractivity contribution >= 4 is 5.97 Å². The van der Waals surface area contributed by atoms with Crippen LogP contribution in [0.3, 0.4) is 0 Å². The largest absolute Gasteiger partial charge is 0.469 e. The predicted molar refractivity (Wildman–Crippen MR) is 84.4 cm³/mol. The molecule has 0 amide bonds. The van der Waals surface area contributed by atoms with Crippen LogP contribution in [0.1, 0.15) is 18.5 Å². The second-order valence-corrected chi connectivity index (χ2v) is 6.49. The average molecular weight is 303 g/mol. The van der Waals surface area contributed by atoms with Crippen LogP contribution in [-0.2, 0) is 16.0 Å². The SMILES string of the molecule is COC(=O)C1CN(CCc2ccccn2)CC12CCNCC2. The van der Waals surface area contributed by atoms with E-state index in [0.717, 1.165) is 57.7 Å². The van der Waals surface area contributed by atoms with Crippen LogP contribution in [0.15, 0.2) is 24.4 Å².